The molecule has 0 aliphatic rings. The quantitative estimate of drug-likeness (QED) is 0.740. The maximum atomic E-state index is 6.06. The first-order chi connectivity index (χ1) is 9.25. The number of rotatable bonds is 7. The van der Waals surface area contributed by atoms with Crippen LogP contribution in [0.2, 0.25) is 5.02 Å². The standard InChI is InChI=1S/C14H15BrClNOS/c15-12-1-2-14(13(16)9-12)18-7-6-17-5-3-11-4-8-19-10-11/h1-2,4,8-10,17H,3,5-7H2. The van der Waals surface area contributed by atoms with Crippen LogP contribution >= 0.6 is 38.9 Å². The number of halogens is 2. The van der Waals surface area contributed by atoms with Gasteiger partial charge in [-0.25, -0.2) is 0 Å². The second-order valence-corrected chi connectivity index (χ2v) is 6.16. The highest BCUT2D eigenvalue weighted by molar-refractivity contribution is 9.10. The van der Waals surface area contributed by atoms with Crippen molar-refractivity contribution in [3.63, 3.8) is 0 Å². The molecule has 0 saturated heterocycles. The van der Waals surface area contributed by atoms with Gasteiger partial charge in [0.05, 0.1) is 5.02 Å². The summed E-state index contributed by atoms with van der Waals surface area (Å²) >= 11 is 11.2. The molecule has 5 heteroatoms. The zero-order valence-corrected chi connectivity index (χ0v) is 13.5. The average Bonchev–Trinajstić information content (AvgIpc) is 2.89. The summed E-state index contributed by atoms with van der Waals surface area (Å²) in [5, 5.41) is 8.27. The van der Waals surface area contributed by atoms with Crippen LogP contribution in [0.25, 0.3) is 0 Å². The van der Waals surface area contributed by atoms with Crippen LogP contribution in [0, 0.1) is 0 Å². The molecule has 0 bridgehead atoms. The van der Waals surface area contributed by atoms with Crippen LogP contribution in [0.4, 0.5) is 0 Å². The van der Waals surface area contributed by atoms with Gasteiger partial charge < -0.3 is 10.1 Å². The van der Waals surface area contributed by atoms with Crippen LogP contribution < -0.4 is 10.1 Å². The SMILES string of the molecule is Clc1cc(Br)ccc1OCCNCCc1ccsc1. The summed E-state index contributed by atoms with van der Waals surface area (Å²) in [6.45, 7) is 2.40. The van der Waals surface area contributed by atoms with Crippen molar-refractivity contribution >= 4 is 38.9 Å². The molecular formula is C14H15BrClNOS. The van der Waals surface area contributed by atoms with E-state index in [1.165, 1.54) is 5.56 Å². The third-order valence-corrected chi connectivity index (χ3v) is 4.12. The first-order valence-electron chi connectivity index (χ1n) is 6.05. The summed E-state index contributed by atoms with van der Waals surface area (Å²) in [7, 11) is 0. The number of nitrogens with one attached hydrogen (secondary N) is 1. The van der Waals surface area contributed by atoms with Crippen molar-refractivity contribution < 1.29 is 4.74 Å². The zero-order chi connectivity index (χ0) is 13.5. The van der Waals surface area contributed by atoms with Crippen molar-refractivity contribution in [2.24, 2.45) is 0 Å². The van der Waals surface area contributed by atoms with E-state index >= 15 is 0 Å². The lowest BCUT2D eigenvalue weighted by Crippen LogP contribution is -2.23. The summed E-state index contributed by atoms with van der Waals surface area (Å²) in [5.74, 6) is 0.726. The van der Waals surface area contributed by atoms with Gasteiger partial charge in [-0.15, -0.1) is 0 Å². The average molecular weight is 361 g/mol. The van der Waals surface area contributed by atoms with E-state index in [4.69, 9.17) is 16.3 Å². The zero-order valence-electron chi connectivity index (χ0n) is 10.4. The molecule has 2 aromatic rings. The molecule has 0 unspecified atom stereocenters. The van der Waals surface area contributed by atoms with Crippen molar-refractivity contribution in [3.8, 4) is 5.75 Å². The van der Waals surface area contributed by atoms with Crippen molar-refractivity contribution in [1.82, 2.24) is 5.32 Å². The van der Waals surface area contributed by atoms with Gasteiger partial charge in [0, 0.05) is 11.0 Å². The predicted octanol–water partition coefficient (Wildman–Crippen LogP) is 4.38. The molecule has 1 aromatic carbocycles. The molecule has 0 atom stereocenters. The number of thiophene rings is 1. The molecule has 1 N–H and O–H groups in total. The monoisotopic (exact) mass is 359 g/mol. The van der Waals surface area contributed by atoms with Crippen LogP contribution in [-0.4, -0.2) is 19.7 Å². The highest BCUT2D eigenvalue weighted by Gasteiger charge is 2.01. The Morgan fingerprint density at radius 1 is 1.26 bits per heavy atom. The first-order valence-corrected chi connectivity index (χ1v) is 8.17. The van der Waals surface area contributed by atoms with Crippen molar-refractivity contribution in [2.45, 2.75) is 6.42 Å². The molecule has 0 radical (unpaired) electrons. The topological polar surface area (TPSA) is 21.3 Å². The number of hydrogen-bond acceptors (Lipinski definition) is 3. The van der Waals surface area contributed by atoms with E-state index in [0.29, 0.717) is 11.6 Å². The molecule has 1 heterocycles. The van der Waals surface area contributed by atoms with Crippen LogP contribution in [0.3, 0.4) is 0 Å². The Bertz CT molecular complexity index is 504. The highest BCUT2D eigenvalue weighted by atomic mass is 79.9. The third-order valence-electron chi connectivity index (χ3n) is 2.60. The Balaban J connectivity index is 1.61. The molecule has 19 heavy (non-hydrogen) atoms. The van der Waals surface area contributed by atoms with Crippen LogP contribution in [0.1, 0.15) is 5.56 Å². The molecule has 0 spiro atoms. The normalized spacial score (nSPS) is 10.6. The van der Waals surface area contributed by atoms with Crippen LogP contribution in [0.5, 0.6) is 5.75 Å². The molecule has 2 rings (SSSR count). The lowest BCUT2D eigenvalue weighted by Gasteiger charge is -2.09. The lowest BCUT2D eigenvalue weighted by molar-refractivity contribution is 0.314. The summed E-state index contributed by atoms with van der Waals surface area (Å²) in [4.78, 5) is 0. The number of ether oxygens (including phenoxy) is 1. The Morgan fingerprint density at radius 2 is 2.16 bits per heavy atom. The van der Waals surface area contributed by atoms with Gasteiger partial charge in [-0.3, -0.25) is 0 Å². The van der Waals surface area contributed by atoms with Crippen molar-refractivity contribution in [1.29, 1.82) is 0 Å². The number of benzene rings is 1. The summed E-state index contributed by atoms with van der Waals surface area (Å²) in [5.41, 5.74) is 1.38. The molecule has 102 valence electrons. The van der Waals surface area contributed by atoms with Gasteiger partial charge in [-0.05, 0) is 53.6 Å². The minimum atomic E-state index is 0.616. The Labute approximate surface area is 130 Å². The maximum Gasteiger partial charge on any atom is 0.138 e. The Kier molecular flexibility index (Phi) is 6.17. The molecule has 1 aromatic heterocycles. The highest BCUT2D eigenvalue weighted by Crippen LogP contribution is 2.27. The minimum absolute atomic E-state index is 0.616. The van der Waals surface area contributed by atoms with E-state index in [1.807, 2.05) is 18.2 Å². The van der Waals surface area contributed by atoms with E-state index < -0.39 is 0 Å². The van der Waals surface area contributed by atoms with Gasteiger partial charge >= 0.3 is 0 Å². The first kappa shape index (κ1) is 14.9. The van der Waals surface area contributed by atoms with E-state index in [2.05, 4.69) is 38.1 Å². The lowest BCUT2D eigenvalue weighted by atomic mass is 10.2. The van der Waals surface area contributed by atoms with Crippen molar-refractivity contribution in [2.75, 3.05) is 19.7 Å². The van der Waals surface area contributed by atoms with E-state index in [9.17, 15) is 0 Å². The van der Waals surface area contributed by atoms with Gasteiger partial charge in [0.2, 0.25) is 0 Å². The fourth-order valence-corrected chi connectivity index (χ4v) is 3.05. The molecule has 0 aliphatic carbocycles. The van der Waals surface area contributed by atoms with Gasteiger partial charge in [0.15, 0.2) is 0 Å². The van der Waals surface area contributed by atoms with Crippen LogP contribution in [-0.2, 0) is 6.42 Å². The largest absolute Gasteiger partial charge is 0.491 e. The number of hydrogen-bond donors (Lipinski definition) is 1. The van der Waals surface area contributed by atoms with Crippen LogP contribution in [0.15, 0.2) is 39.5 Å². The molecule has 0 aliphatic heterocycles. The fraction of sp³-hybridized carbons (Fsp3) is 0.286. The molecular weight excluding hydrogens is 346 g/mol. The fourth-order valence-electron chi connectivity index (χ4n) is 1.62. The smallest absolute Gasteiger partial charge is 0.138 e. The van der Waals surface area contributed by atoms with Gasteiger partial charge in [0.25, 0.3) is 0 Å². The molecule has 0 fully saturated rings. The summed E-state index contributed by atoms with van der Waals surface area (Å²) in [6.07, 6.45) is 1.06. The maximum absolute atomic E-state index is 6.06. The second-order valence-electron chi connectivity index (χ2n) is 4.05. The molecule has 2 nitrogen and oxygen atoms in total. The second kappa shape index (κ2) is 7.90. The van der Waals surface area contributed by atoms with E-state index in [1.54, 1.807) is 11.3 Å². The molecule has 0 amide bonds. The summed E-state index contributed by atoms with van der Waals surface area (Å²) < 4.78 is 6.57. The van der Waals surface area contributed by atoms with E-state index in [-0.39, 0.29) is 0 Å². The van der Waals surface area contributed by atoms with E-state index in [0.717, 1.165) is 29.7 Å². The molecule has 0 saturated carbocycles. The predicted molar refractivity (Wildman–Crippen MR) is 85.5 cm³/mol. The van der Waals surface area contributed by atoms with Gasteiger partial charge in [-0.1, -0.05) is 27.5 Å². The van der Waals surface area contributed by atoms with Crippen molar-refractivity contribution in [3.05, 3.63) is 50.1 Å². The minimum Gasteiger partial charge on any atom is -0.491 e. The third kappa shape index (κ3) is 5.15. The van der Waals surface area contributed by atoms with Gasteiger partial charge in [-0.2, -0.15) is 11.3 Å². The summed E-state index contributed by atoms with van der Waals surface area (Å²) in [6, 6.07) is 7.79. The van der Waals surface area contributed by atoms with Gasteiger partial charge in [0.1, 0.15) is 12.4 Å². The Hall–Kier alpha value is -0.550. The Morgan fingerprint density at radius 3 is 2.89 bits per heavy atom.